The van der Waals surface area contributed by atoms with Gasteiger partial charge in [-0.2, -0.15) is 0 Å². The number of rotatable bonds is 1. The van der Waals surface area contributed by atoms with Crippen molar-refractivity contribution >= 4 is 16.9 Å². The summed E-state index contributed by atoms with van der Waals surface area (Å²) in [5, 5.41) is 9.49. The average Bonchev–Trinajstić information content (AvgIpc) is 2.28. The summed E-state index contributed by atoms with van der Waals surface area (Å²) in [5.74, 6) is 4.36. The summed E-state index contributed by atoms with van der Waals surface area (Å²) in [6, 6.07) is 11.4. The summed E-state index contributed by atoms with van der Waals surface area (Å²) in [6.07, 6.45) is -0.158. The van der Waals surface area contributed by atoms with Crippen molar-refractivity contribution in [2.75, 3.05) is 0 Å². The van der Waals surface area contributed by atoms with Crippen LogP contribution in [-0.4, -0.2) is 16.1 Å². The largest absolute Gasteiger partial charge is 0.481 e. The van der Waals surface area contributed by atoms with Crippen molar-refractivity contribution in [2.45, 2.75) is 6.42 Å². The smallest absolute Gasteiger partial charge is 0.315 e. The van der Waals surface area contributed by atoms with Crippen LogP contribution in [0, 0.1) is 11.8 Å². The molecule has 2 aromatic rings. The fourth-order valence-corrected chi connectivity index (χ4v) is 1.35. The first-order chi connectivity index (χ1) is 7.75. The molecule has 1 heterocycles. The highest BCUT2D eigenvalue weighted by atomic mass is 16.4. The van der Waals surface area contributed by atoms with Gasteiger partial charge in [0.25, 0.3) is 0 Å². The Hall–Kier alpha value is -2.34. The summed E-state index contributed by atoms with van der Waals surface area (Å²) in [5.41, 5.74) is 1.46. The molecule has 0 atom stereocenters. The summed E-state index contributed by atoms with van der Waals surface area (Å²) in [4.78, 5) is 14.6. The Morgan fingerprint density at radius 1 is 1.25 bits per heavy atom. The molecule has 78 valence electrons. The number of nitrogens with zero attached hydrogens (tertiary/aromatic N) is 1. The minimum absolute atomic E-state index is 0.158. The van der Waals surface area contributed by atoms with E-state index in [4.69, 9.17) is 5.11 Å². The van der Waals surface area contributed by atoms with Gasteiger partial charge in [0.1, 0.15) is 12.1 Å². The van der Waals surface area contributed by atoms with Crippen LogP contribution in [0.4, 0.5) is 0 Å². The van der Waals surface area contributed by atoms with Crippen LogP contribution < -0.4 is 0 Å². The summed E-state index contributed by atoms with van der Waals surface area (Å²) in [7, 11) is 0. The Labute approximate surface area is 92.7 Å². The van der Waals surface area contributed by atoms with E-state index in [2.05, 4.69) is 16.8 Å². The molecule has 1 aromatic carbocycles. The first kappa shape index (κ1) is 10.2. The van der Waals surface area contributed by atoms with Crippen molar-refractivity contribution in [2.24, 2.45) is 0 Å². The van der Waals surface area contributed by atoms with E-state index < -0.39 is 5.97 Å². The zero-order valence-electron chi connectivity index (χ0n) is 8.47. The molecule has 2 rings (SSSR count). The van der Waals surface area contributed by atoms with Gasteiger partial charge in [-0.05, 0) is 18.1 Å². The second kappa shape index (κ2) is 4.45. The predicted molar refractivity (Wildman–Crippen MR) is 60.9 cm³/mol. The predicted octanol–water partition coefficient (Wildman–Crippen LogP) is 2.06. The number of hydrogen-bond acceptors (Lipinski definition) is 2. The van der Waals surface area contributed by atoms with Crippen LogP contribution in [0.3, 0.4) is 0 Å². The molecule has 0 amide bonds. The molecule has 0 saturated carbocycles. The van der Waals surface area contributed by atoms with E-state index in [-0.39, 0.29) is 6.42 Å². The van der Waals surface area contributed by atoms with Gasteiger partial charge in [0.05, 0.1) is 5.52 Å². The number of para-hydroxylation sites is 1. The molecule has 1 N–H and O–H groups in total. The van der Waals surface area contributed by atoms with E-state index in [9.17, 15) is 4.79 Å². The number of fused-ring (bicyclic) bond motifs is 1. The van der Waals surface area contributed by atoms with E-state index in [1.54, 1.807) is 6.07 Å². The van der Waals surface area contributed by atoms with Gasteiger partial charge in [0, 0.05) is 5.39 Å². The first-order valence-electron chi connectivity index (χ1n) is 4.82. The van der Waals surface area contributed by atoms with E-state index >= 15 is 0 Å². The van der Waals surface area contributed by atoms with Crippen LogP contribution in [0.1, 0.15) is 12.1 Å². The number of pyridine rings is 1. The molecular formula is C13H9NO2. The van der Waals surface area contributed by atoms with Crippen LogP contribution in [0.2, 0.25) is 0 Å². The average molecular weight is 211 g/mol. The first-order valence-corrected chi connectivity index (χ1v) is 4.82. The lowest BCUT2D eigenvalue weighted by Gasteiger charge is -1.96. The highest BCUT2D eigenvalue weighted by Crippen LogP contribution is 2.10. The molecule has 3 nitrogen and oxygen atoms in total. The molecule has 3 heteroatoms. The SMILES string of the molecule is O=C(O)CC#Cc1ccc2ccccc2n1. The van der Waals surface area contributed by atoms with Gasteiger partial charge in [0.15, 0.2) is 0 Å². The third-order valence-electron chi connectivity index (χ3n) is 2.05. The number of hydrogen-bond donors (Lipinski definition) is 1. The minimum Gasteiger partial charge on any atom is -0.481 e. The topological polar surface area (TPSA) is 50.2 Å². The fourth-order valence-electron chi connectivity index (χ4n) is 1.35. The van der Waals surface area contributed by atoms with Crippen LogP contribution >= 0.6 is 0 Å². The lowest BCUT2D eigenvalue weighted by Crippen LogP contribution is -1.90. The maximum atomic E-state index is 10.3. The van der Waals surface area contributed by atoms with Crippen molar-refractivity contribution in [1.82, 2.24) is 4.98 Å². The van der Waals surface area contributed by atoms with Crippen molar-refractivity contribution in [3.63, 3.8) is 0 Å². The van der Waals surface area contributed by atoms with Crippen molar-refractivity contribution < 1.29 is 9.90 Å². The van der Waals surface area contributed by atoms with Gasteiger partial charge in [-0.15, -0.1) is 0 Å². The highest BCUT2D eigenvalue weighted by Gasteiger charge is 1.94. The maximum Gasteiger partial charge on any atom is 0.315 e. The number of carboxylic acid groups (broad SMARTS) is 1. The van der Waals surface area contributed by atoms with Crippen LogP contribution in [0.15, 0.2) is 36.4 Å². The van der Waals surface area contributed by atoms with Gasteiger partial charge in [-0.1, -0.05) is 30.2 Å². The lowest BCUT2D eigenvalue weighted by molar-refractivity contribution is -0.135. The van der Waals surface area contributed by atoms with Gasteiger partial charge >= 0.3 is 5.97 Å². The van der Waals surface area contributed by atoms with Gasteiger partial charge < -0.3 is 5.11 Å². The lowest BCUT2D eigenvalue weighted by atomic mass is 10.2. The standard InChI is InChI=1S/C13H9NO2/c15-13(16)7-3-5-11-9-8-10-4-1-2-6-12(10)14-11/h1-2,4,6,8-9H,7H2,(H,15,16). The Morgan fingerprint density at radius 3 is 2.88 bits per heavy atom. The fraction of sp³-hybridized carbons (Fsp3) is 0.0769. The second-order valence-corrected chi connectivity index (χ2v) is 3.26. The Kier molecular flexibility index (Phi) is 2.84. The van der Waals surface area contributed by atoms with Crippen molar-refractivity contribution in [3.8, 4) is 11.8 Å². The van der Waals surface area contributed by atoms with E-state index in [1.807, 2.05) is 30.3 Å². The molecule has 1 aromatic heterocycles. The second-order valence-electron chi connectivity index (χ2n) is 3.26. The molecule has 0 fully saturated rings. The summed E-state index contributed by atoms with van der Waals surface area (Å²) >= 11 is 0. The highest BCUT2D eigenvalue weighted by molar-refractivity contribution is 5.79. The molecule has 0 saturated heterocycles. The number of carbonyl (C=O) groups is 1. The number of carboxylic acids is 1. The minimum atomic E-state index is -0.923. The molecule has 0 aliphatic carbocycles. The zero-order valence-corrected chi connectivity index (χ0v) is 8.47. The Bertz CT molecular complexity index is 593. The Morgan fingerprint density at radius 2 is 2.06 bits per heavy atom. The molecule has 0 radical (unpaired) electrons. The normalized spacial score (nSPS) is 9.50. The Balaban J connectivity index is 2.31. The van der Waals surface area contributed by atoms with Crippen LogP contribution in [0.5, 0.6) is 0 Å². The molecule has 0 aliphatic rings. The number of aliphatic carboxylic acids is 1. The van der Waals surface area contributed by atoms with Gasteiger partial charge in [-0.25, -0.2) is 4.98 Å². The van der Waals surface area contributed by atoms with Crippen molar-refractivity contribution in [1.29, 1.82) is 0 Å². The van der Waals surface area contributed by atoms with Crippen LogP contribution in [0.25, 0.3) is 10.9 Å². The summed E-state index contributed by atoms with van der Waals surface area (Å²) in [6.45, 7) is 0. The molecule has 0 aliphatic heterocycles. The van der Waals surface area contributed by atoms with E-state index in [1.165, 1.54) is 0 Å². The third kappa shape index (κ3) is 2.37. The zero-order chi connectivity index (χ0) is 11.4. The molecule has 0 spiro atoms. The van der Waals surface area contributed by atoms with E-state index in [0.29, 0.717) is 5.69 Å². The third-order valence-corrected chi connectivity index (χ3v) is 2.05. The quantitative estimate of drug-likeness (QED) is 0.734. The van der Waals surface area contributed by atoms with Crippen molar-refractivity contribution in [3.05, 3.63) is 42.1 Å². The summed E-state index contributed by atoms with van der Waals surface area (Å²) < 4.78 is 0. The number of aromatic nitrogens is 1. The van der Waals surface area contributed by atoms with Gasteiger partial charge in [-0.3, -0.25) is 4.79 Å². The van der Waals surface area contributed by atoms with Crippen LogP contribution in [-0.2, 0) is 4.79 Å². The molecule has 16 heavy (non-hydrogen) atoms. The molecule has 0 unspecified atom stereocenters. The maximum absolute atomic E-state index is 10.3. The number of benzene rings is 1. The van der Waals surface area contributed by atoms with E-state index in [0.717, 1.165) is 10.9 Å². The molecular weight excluding hydrogens is 202 g/mol. The monoisotopic (exact) mass is 211 g/mol. The van der Waals surface area contributed by atoms with Gasteiger partial charge in [0.2, 0.25) is 0 Å². The molecule has 0 bridgehead atoms.